The molecule has 29 heavy (non-hydrogen) atoms. The molecule has 1 saturated heterocycles. The zero-order chi connectivity index (χ0) is 21.2. The van der Waals surface area contributed by atoms with Crippen molar-refractivity contribution in [2.75, 3.05) is 6.61 Å². The molecule has 0 saturated carbocycles. The maximum absolute atomic E-state index is 12.4. The first-order valence-corrected chi connectivity index (χ1v) is 9.27. The number of ether oxygens (including phenoxy) is 3. The van der Waals surface area contributed by atoms with E-state index in [1.807, 2.05) is 0 Å². The van der Waals surface area contributed by atoms with E-state index >= 15 is 0 Å². The van der Waals surface area contributed by atoms with Crippen molar-refractivity contribution >= 4 is 41.1 Å². The smallest absolute Gasteiger partial charge is 0.342 e. The van der Waals surface area contributed by atoms with Gasteiger partial charge in [-0.2, -0.15) is 0 Å². The molecule has 0 aliphatic carbocycles. The Hall–Kier alpha value is -2.61. The quantitative estimate of drug-likeness (QED) is 0.565. The second-order valence-corrected chi connectivity index (χ2v) is 7.40. The van der Waals surface area contributed by atoms with Crippen molar-refractivity contribution in [2.24, 2.45) is 0 Å². The van der Waals surface area contributed by atoms with Crippen LogP contribution >= 0.6 is 23.2 Å². The molecule has 1 heterocycles. The monoisotopic (exact) mass is 438 g/mol. The molecule has 1 N–H and O–H groups in total. The first-order chi connectivity index (χ1) is 13.7. The largest absolute Gasteiger partial charge is 0.458 e. The van der Waals surface area contributed by atoms with Crippen LogP contribution in [0, 0.1) is 0 Å². The fourth-order valence-corrected chi connectivity index (χ4v) is 2.96. The van der Waals surface area contributed by atoms with Crippen LogP contribution in [0.1, 0.15) is 27.6 Å². The van der Waals surface area contributed by atoms with Gasteiger partial charge >= 0.3 is 17.9 Å². The van der Waals surface area contributed by atoms with Gasteiger partial charge in [-0.1, -0.05) is 23.2 Å². The van der Waals surface area contributed by atoms with Gasteiger partial charge in [-0.05, 0) is 55.5 Å². The van der Waals surface area contributed by atoms with Gasteiger partial charge < -0.3 is 19.3 Å². The molecule has 9 heteroatoms. The number of cyclic esters (lactones) is 1. The van der Waals surface area contributed by atoms with Gasteiger partial charge in [0.05, 0.1) is 11.1 Å². The minimum absolute atomic E-state index is 0.168. The highest BCUT2D eigenvalue weighted by atomic mass is 35.5. The SMILES string of the molecule is C[C@@]1(O)C(=O)O[C@H](COC(=O)c2ccc(Cl)cc2)[C@H]1OC(=O)c1ccc(Cl)cc1. The molecule has 152 valence electrons. The number of aliphatic hydroxyl groups is 1. The van der Waals surface area contributed by atoms with E-state index in [4.69, 9.17) is 37.4 Å². The topological polar surface area (TPSA) is 99.1 Å². The lowest BCUT2D eigenvalue weighted by molar-refractivity contribution is -0.155. The third kappa shape index (κ3) is 4.70. The summed E-state index contributed by atoms with van der Waals surface area (Å²) in [5.74, 6) is -2.47. The Morgan fingerprint density at radius 1 is 1.00 bits per heavy atom. The molecule has 0 bridgehead atoms. The van der Waals surface area contributed by atoms with E-state index in [0.29, 0.717) is 10.0 Å². The molecule has 0 radical (unpaired) electrons. The fourth-order valence-electron chi connectivity index (χ4n) is 2.71. The molecule has 0 spiro atoms. The minimum atomic E-state index is -2.10. The Kier molecular flexibility index (Phi) is 6.12. The summed E-state index contributed by atoms with van der Waals surface area (Å²) >= 11 is 11.6. The molecule has 3 atom stereocenters. The van der Waals surface area contributed by atoms with Crippen molar-refractivity contribution in [3.63, 3.8) is 0 Å². The summed E-state index contributed by atoms with van der Waals surface area (Å²) in [5, 5.41) is 11.3. The summed E-state index contributed by atoms with van der Waals surface area (Å²) in [6, 6.07) is 11.9. The van der Waals surface area contributed by atoms with Crippen LogP contribution in [0.5, 0.6) is 0 Å². The van der Waals surface area contributed by atoms with Crippen LogP contribution in [0.3, 0.4) is 0 Å². The van der Waals surface area contributed by atoms with Gasteiger partial charge in [0.1, 0.15) is 6.61 Å². The molecular weight excluding hydrogens is 423 g/mol. The zero-order valence-electron chi connectivity index (χ0n) is 15.1. The summed E-state index contributed by atoms with van der Waals surface area (Å²) in [4.78, 5) is 36.5. The summed E-state index contributed by atoms with van der Waals surface area (Å²) in [7, 11) is 0. The summed E-state index contributed by atoms with van der Waals surface area (Å²) in [5.41, 5.74) is -1.69. The summed E-state index contributed by atoms with van der Waals surface area (Å²) < 4.78 is 15.5. The number of carbonyl (C=O) groups excluding carboxylic acids is 3. The second kappa shape index (κ2) is 8.41. The highest BCUT2D eigenvalue weighted by Gasteiger charge is 2.56. The first-order valence-electron chi connectivity index (χ1n) is 8.51. The molecule has 2 aromatic rings. The Labute approximate surface area is 176 Å². The molecule has 0 unspecified atom stereocenters. The summed E-state index contributed by atoms with van der Waals surface area (Å²) in [6.07, 6.45) is -2.55. The third-order valence-electron chi connectivity index (χ3n) is 4.34. The van der Waals surface area contributed by atoms with E-state index in [9.17, 15) is 19.5 Å². The molecule has 3 rings (SSSR count). The van der Waals surface area contributed by atoms with Crippen LogP contribution in [-0.4, -0.2) is 47.4 Å². The highest BCUT2D eigenvalue weighted by molar-refractivity contribution is 6.31. The number of benzene rings is 2. The molecule has 1 aliphatic heterocycles. The predicted molar refractivity (Wildman–Crippen MR) is 103 cm³/mol. The molecule has 0 aromatic heterocycles. The van der Waals surface area contributed by atoms with Crippen molar-refractivity contribution in [3.8, 4) is 0 Å². The lowest BCUT2D eigenvalue weighted by Crippen LogP contribution is -2.47. The average Bonchev–Trinajstić information content (AvgIpc) is 2.90. The average molecular weight is 439 g/mol. The van der Waals surface area contributed by atoms with Gasteiger partial charge in [0.2, 0.25) is 0 Å². The Balaban J connectivity index is 1.70. The van der Waals surface area contributed by atoms with Crippen molar-refractivity contribution in [1.82, 2.24) is 0 Å². The van der Waals surface area contributed by atoms with Crippen molar-refractivity contribution < 1.29 is 33.7 Å². The van der Waals surface area contributed by atoms with Gasteiger partial charge in [0.15, 0.2) is 17.8 Å². The Bertz CT molecular complexity index is 923. The number of halogens is 2. The number of esters is 3. The van der Waals surface area contributed by atoms with Crippen LogP contribution in [0.25, 0.3) is 0 Å². The van der Waals surface area contributed by atoms with Crippen LogP contribution < -0.4 is 0 Å². The molecule has 1 fully saturated rings. The van der Waals surface area contributed by atoms with Gasteiger partial charge in [-0.15, -0.1) is 0 Å². The fraction of sp³-hybridized carbons (Fsp3) is 0.250. The lowest BCUT2D eigenvalue weighted by Gasteiger charge is -2.24. The second-order valence-electron chi connectivity index (χ2n) is 6.53. The van der Waals surface area contributed by atoms with Crippen molar-refractivity contribution in [2.45, 2.75) is 24.7 Å². The maximum atomic E-state index is 12.4. The van der Waals surface area contributed by atoms with E-state index < -0.39 is 42.3 Å². The lowest BCUT2D eigenvalue weighted by atomic mass is 9.98. The Morgan fingerprint density at radius 2 is 1.48 bits per heavy atom. The van der Waals surface area contributed by atoms with Gasteiger partial charge in [0, 0.05) is 10.0 Å². The first kappa shape index (κ1) is 21.1. The third-order valence-corrected chi connectivity index (χ3v) is 4.84. The van der Waals surface area contributed by atoms with E-state index in [1.54, 1.807) is 0 Å². The maximum Gasteiger partial charge on any atom is 0.342 e. The van der Waals surface area contributed by atoms with Crippen LogP contribution in [0.2, 0.25) is 10.0 Å². The normalized spacial score (nSPS) is 23.4. The minimum Gasteiger partial charge on any atom is -0.458 e. The highest BCUT2D eigenvalue weighted by Crippen LogP contribution is 2.30. The van der Waals surface area contributed by atoms with Crippen LogP contribution in [0.15, 0.2) is 48.5 Å². The van der Waals surface area contributed by atoms with E-state index in [-0.39, 0.29) is 11.1 Å². The van der Waals surface area contributed by atoms with E-state index in [2.05, 4.69) is 0 Å². The number of rotatable bonds is 5. The number of hydrogen-bond acceptors (Lipinski definition) is 7. The van der Waals surface area contributed by atoms with Crippen molar-refractivity contribution in [1.29, 1.82) is 0 Å². The molecule has 1 aliphatic rings. The zero-order valence-corrected chi connectivity index (χ0v) is 16.6. The van der Waals surface area contributed by atoms with Gasteiger partial charge in [0.25, 0.3) is 0 Å². The van der Waals surface area contributed by atoms with Crippen molar-refractivity contribution in [3.05, 3.63) is 69.7 Å². The van der Waals surface area contributed by atoms with Gasteiger partial charge in [-0.25, -0.2) is 14.4 Å². The molecular formula is C20H16Cl2O7. The van der Waals surface area contributed by atoms with E-state index in [0.717, 1.165) is 6.92 Å². The molecule has 2 aromatic carbocycles. The number of carbonyl (C=O) groups is 3. The van der Waals surface area contributed by atoms with Crippen LogP contribution in [-0.2, 0) is 19.0 Å². The van der Waals surface area contributed by atoms with Crippen LogP contribution in [0.4, 0.5) is 0 Å². The summed E-state index contributed by atoms with van der Waals surface area (Å²) in [6.45, 7) is 0.748. The standard InChI is InChI=1S/C20H16Cl2O7/c1-20(26)16(29-18(24)12-4-8-14(22)9-5-12)15(28-19(20)25)10-27-17(23)11-2-6-13(21)7-3-11/h2-9,15-16,26H,10H2,1H3/t15-,16-,20+/m1/s1. The predicted octanol–water partition coefficient (Wildman–Crippen LogP) is 3.05. The van der Waals surface area contributed by atoms with E-state index in [1.165, 1.54) is 48.5 Å². The Morgan fingerprint density at radius 3 is 2.00 bits per heavy atom. The van der Waals surface area contributed by atoms with Gasteiger partial charge in [-0.3, -0.25) is 0 Å². The molecule has 0 amide bonds. The number of hydrogen-bond donors (Lipinski definition) is 1. The molecule has 7 nitrogen and oxygen atoms in total.